The maximum Gasteiger partial charge on any atom is 0.341 e. The number of methoxy groups -OCH3 is 3. The Morgan fingerprint density at radius 2 is 0.571 bits per heavy atom. The third kappa shape index (κ3) is 36.9. The van der Waals surface area contributed by atoms with Gasteiger partial charge >= 0.3 is 23.9 Å². The lowest BCUT2D eigenvalue weighted by molar-refractivity contribution is 0.0455. The standard InChI is InChI=1S/C14H22N2O3.C13H21N3O.C13H20N2O2.C10H14N2O2.C10H13NO3.C9H12N2O.C9H11NO2/c1-4-16(5-2)8-9-19-14(17)12-7-6-11(15)10-13(12)18-3;1-3-16(4-2)10-9-15-13(17)11-5-7-12(14)8-6-11;1-3-15(4-2)9-10-17-13(16)11-5-7-12(14)8-6-11;1-3-12-10(13)8-5-4-7(11)6-9(8)14-2;1-3-14-10(12)8-5-4-7(11)6-9(8)13-2;1-2-11-9(12)7-3-5-8(10)6-4-7;1-2-12-9(11)7-3-5-8(10)6-4-7/h6-7,10H,4-5,8-9,15H2,1-3H3;5-8H,3-4,9-10,14H2,1-2H3,(H,15,17);5-8H,3-4,9-10,14H2,1-2H3;4-6H,3,11H2,1-2H3,(H,12,13);4-6H,3,11H2,1-2H3;3-6H,2,10H2,1H3,(H,11,12);3-6H,2,10H2,1H3. The van der Waals surface area contributed by atoms with Gasteiger partial charge in [0.1, 0.15) is 41.6 Å². The maximum absolute atomic E-state index is 11.9. The summed E-state index contributed by atoms with van der Waals surface area (Å²) in [5.41, 5.74) is 46.7. The highest BCUT2D eigenvalue weighted by Crippen LogP contribution is 2.24. The number of nitrogens with zero attached hydrogens (tertiary/aromatic N) is 3. The predicted octanol–water partition coefficient (Wildman–Crippen LogP) is 9.83. The first-order chi connectivity index (χ1) is 50.3. The van der Waals surface area contributed by atoms with E-state index in [-0.39, 0.29) is 35.6 Å². The number of nitrogens with two attached hydrogens (primary N) is 7. The van der Waals surface area contributed by atoms with Gasteiger partial charge < -0.3 is 104 Å². The van der Waals surface area contributed by atoms with Crippen LogP contribution in [0.15, 0.2) is 152 Å². The fourth-order valence-electron chi connectivity index (χ4n) is 8.84. The Labute approximate surface area is 619 Å². The summed E-state index contributed by atoms with van der Waals surface area (Å²) in [5.74, 6) is -0.269. The molecular weight excluding hydrogens is 1340 g/mol. The molecule has 0 saturated carbocycles. The van der Waals surface area contributed by atoms with Gasteiger partial charge in [-0.15, -0.1) is 0 Å². The van der Waals surface area contributed by atoms with Gasteiger partial charge in [-0.1, -0.05) is 41.5 Å². The van der Waals surface area contributed by atoms with Crippen LogP contribution in [0.1, 0.15) is 142 Å². The Morgan fingerprint density at radius 3 is 0.905 bits per heavy atom. The normalized spacial score (nSPS) is 10.0. The van der Waals surface area contributed by atoms with Gasteiger partial charge in [-0.25, -0.2) is 19.2 Å². The van der Waals surface area contributed by atoms with Crippen LogP contribution in [0.4, 0.5) is 39.8 Å². The molecule has 0 heterocycles. The van der Waals surface area contributed by atoms with Crippen molar-refractivity contribution in [2.75, 3.05) is 166 Å². The zero-order chi connectivity index (χ0) is 78.7. The van der Waals surface area contributed by atoms with Crippen LogP contribution < -0.4 is 70.3 Å². The van der Waals surface area contributed by atoms with Crippen LogP contribution in [0.3, 0.4) is 0 Å². The monoisotopic (exact) mass is 1460 g/mol. The largest absolute Gasteiger partial charge is 0.496 e. The van der Waals surface area contributed by atoms with Gasteiger partial charge in [0.05, 0.1) is 51.2 Å². The molecule has 0 spiro atoms. The van der Waals surface area contributed by atoms with Gasteiger partial charge in [0, 0.05) is 108 Å². The lowest BCUT2D eigenvalue weighted by Crippen LogP contribution is -2.34. The van der Waals surface area contributed by atoms with Crippen LogP contribution in [0.25, 0.3) is 0 Å². The Balaban J connectivity index is 0.000000616. The minimum Gasteiger partial charge on any atom is -0.496 e. The van der Waals surface area contributed by atoms with Crippen molar-refractivity contribution in [3.8, 4) is 17.2 Å². The van der Waals surface area contributed by atoms with Gasteiger partial charge in [0.25, 0.3) is 17.7 Å². The van der Waals surface area contributed by atoms with E-state index in [1.54, 1.807) is 166 Å². The van der Waals surface area contributed by atoms with Crippen LogP contribution >= 0.6 is 0 Å². The lowest BCUT2D eigenvalue weighted by atomic mass is 10.1. The number of rotatable bonds is 29. The van der Waals surface area contributed by atoms with E-state index in [1.165, 1.54) is 21.3 Å². The highest BCUT2D eigenvalue weighted by molar-refractivity contribution is 5.98. The molecule has 574 valence electrons. The highest BCUT2D eigenvalue weighted by atomic mass is 16.5. The number of nitrogen functional groups attached to an aromatic ring is 7. The molecule has 3 amide bonds. The number of carbonyl (C=O) groups excluding carboxylic acids is 7. The number of benzene rings is 7. The number of hydrogen-bond acceptors (Lipinski definition) is 24. The van der Waals surface area contributed by atoms with Crippen molar-refractivity contribution in [3.05, 3.63) is 191 Å². The Hall–Kier alpha value is -11.3. The van der Waals surface area contributed by atoms with E-state index in [2.05, 4.69) is 72.2 Å². The van der Waals surface area contributed by atoms with E-state index in [9.17, 15) is 33.6 Å². The molecule has 0 atom stereocenters. The second-order valence-corrected chi connectivity index (χ2v) is 22.1. The Morgan fingerprint density at radius 1 is 0.305 bits per heavy atom. The van der Waals surface area contributed by atoms with E-state index in [1.807, 2.05) is 13.8 Å². The van der Waals surface area contributed by atoms with Crippen LogP contribution in [0, 0.1) is 0 Å². The molecule has 0 unspecified atom stereocenters. The predicted molar refractivity (Wildman–Crippen MR) is 420 cm³/mol. The summed E-state index contributed by atoms with van der Waals surface area (Å²) < 4.78 is 35.3. The summed E-state index contributed by atoms with van der Waals surface area (Å²) in [4.78, 5) is 87.2. The second kappa shape index (κ2) is 53.5. The fourth-order valence-corrected chi connectivity index (χ4v) is 8.84. The molecule has 0 bridgehead atoms. The molecule has 0 saturated heterocycles. The van der Waals surface area contributed by atoms with Crippen molar-refractivity contribution < 1.29 is 66.7 Å². The van der Waals surface area contributed by atoms with E-state index in [4.69, 9.17) is 73.3 Å². The van der Waals surface area contributed by atoms with Crippen molar-refractivity contribution >= 4 is 81.4 Å². The van der Waals surface area contributed by atoms with Gasteiger partial charge in [0.2, 0.25) is 0 Å². The second-order valence-electron chi connectivity index (χ2n) is 22.1. The summed E-state index contributed by atoms with van der Waals surface area (Å²) in [5, 5.41) is 8.29. The van der Waals surface area contributed by atoms with Crippen molar-refractivity contribution in [1.82, 2.24) is 30.7 Å². The molecule has 105 heavy (non-hydrogen) atoms. The van der Waals surface area contributed by atoms with Crippen LogP contribution in [-0.2, 0) is 18.9 Å². The van der Waals surface area contributed by atoms with Crippen molar-refractivity contribution in [2.24, 2.45) is 0 Å². The van der Waals surface area contributed by atoms with Crippen LogP contribution in [-0.4, -0.2) is 183 Å². The van der Waals surface area contributed by atoms with Crippen molar-refractivity contribution in [3.63, 3.8) is 0 Å². The average molecular weight is 1460 g/mol. The van der Waals surface area contributed by atoms with Crippen molar-refractivity contribution in [2.45, 2.75) is 69.2 Å². The number of esters is 4. The molecule has 0 fully saturated rings. The van der Waals surface area contributed by atoms with E-state index in [0.717, 1.165) is 58.9 Å². The molecule has 0 radical (unpaired) electrons. The summed E-state index contributed by atoms with van der Waals surface area (Å²) in [6.45, 7) is 31.5. The number of nitrogens with one attached hydrogen (secondary N) is 3. The van der Waals surface area contributed by atoms with Gasteiger partial charge in [-0.05, 0) is 200 Å². The van der Waals surface area contributed by atoms with Gasteiger partial charge in [0.15, 0.2) is 0 Å². The molecule has 27 nitrogen and oxygen atoms in total. The molecule has 27 heteroatoms. The van der Waals surface area contributed by atoms with Crippen LogP contribution in [0.2, 0.25) is 0 Å². The lowest BCUT2D eigenvalue weighted by Gasteiger charge is -2.17. The molecule has 7 aromatic carbocycles. The topological polar surface area (TPSA) is 412 Å². The first-order valence-electron chi connectivity index (χ1n) is 34.7. The van der Waals surface area contributed by atoms with Gasteiger partial charge in [-0.3, -0.25) is 14.4 Å². The highest BCUT2D eigenvalue weighted by Gasteiger charge is 2.17. The van der Waals surface area contributed by atoms with E-state index in [0.29, 0.717) is 142 Å². The molecule has 0 aliphatic heterocycles. The third-order valence-corrected chi connectivity index (χ3v) is 14.9. The molecule has 7 aromatic rings. The summed E-state index contributed by atoms with van der Waals surface area (Å²) in [7, 11) is 4.50. The van der Waals surface area contributed by atoms with E-state index >= 15 is 0 Å². The van der Waals surface area contributed by atoms with E-state index < -0.39 is 5.97 Å². The fraction of sp³-hybridized carbons (Fsp3) is 0.372. The summed E-state index contributed by atoms with van der Waals surface area (Å²) >= 11 is 0. The third-order valence-electron chi connectivity index (χ3n) is 14.9. The summed E-state index contributed by atoms with van der Waals surface area (Å²) in [6.07, 6.45) is 0. The molecule has 7 rings (SSSR count). The number of amides is 3. The minimum atomic E-state index is -0.399. The smallest absolute Gasteiger partial charge is 0.341 e. The Bertz CT molecular complexity index is 3450. The van der Waals surface area contributed by atoms with Crippen molar-refractivity contribution in [1.29, 1.82) is 0 Å². The first kappa shape index (κ1) is 91.7. The Kier molecular flexibility index (Phi) is 46.7. The zero-order valence-corrected chi connectivity index (χ0v) is 63.3. The summed E-state index contributed by atoms with van der Waals surface area (Å²) in [6, 6.07) is 41.8. The first-order valence-corrected chi connectivity index (χ1v) is 34.7. The zero-order valence-electron chi connectivity index (χ0n) is 63.3. The van der Waals surface area contributed by atoms with Gasteiger partial charge in [-0.2, -0.15) is 0 Å². The molecule has 0 aliphatic carbocycles. The average Bonchev–Trinajstić information content (AvgIpc) is 0.856. The quantitative estimate of drug-likeness (QED) is 0.0118. The maximum atomic E-state index is 11.9. The molecule has 0 aliphatic rings. The number of anilines is 7. The number of hydrogen-bond donors (Lipinski definition) is 10. The minimum absolute atomic E-state index is 0.0443. The molecule has 17 N–H and O–H groups in total. The number of ether oxygens (including phenoxy) is 7. The molecular formula is C78H113N13O14. The number of carbonyl (C=O) groups is 7. The van der Waals surface area contributed by atoms with Crippen LogP contribution in [0.5, 0.6) is 17.2 Å². The molecule has 0 aromatic heterocycles. The number of likely N-dealkylation sites (N-methyl/N-ethyl adjacent to an activating group) is 3. The SMILES string of the molecule is CCN(CC)CCNC(=O)c1ccc(N)cc1.CCN(CC)CCOC(=O)c1ccc(N)cc1.CCN(CC)CCOC(=O)c1ccc(N)cc1OC.CCNC(=O)c1ccc(N)cc1.CCNC(=O)c1ccc(N)cc1OC.CCOC(=O)c1ccc(N)cc1.CCOC(=O)c1ccc(N)cc1OC.